The van der Waals surface area contributed by atoms with Gasteiger partial charge in [0, 0.05) is 16.1 Å². The Balaban J connectivity index is 1.72. The van der Waals surface area contributed by atoms with E-state index in [1.165, 1.54) is 0 Å². The topological polar surface area (TPSA) is 46.0 Å². The van der Waals surface area contributed by atoms with Gasteiger partial charge in [0.1, 0.15) is 6.61 Å². The maximum atomic E-state index is 5.83. The Morgan fingerprint density at radius 3 is 2.80 bits per heavy atom. The van der Waals surface area contributed by atoms with Crippen molar-refractivity contribution in [3.63, 3.8) is 0 Å². The number of halogens is 1. The second kappa shape index (κ2) is 5.75. The standard InChI is InChI=1S/C15H12ClN3O/c16-13-7-5-11(6-8-13)9-17-18-15-14-4-2-1-3-12(14)10-20-19-15/h1-9H,10H2,(H,18,19). The summed E-state index contributed by atoms with van der Waals surface area (Å²) in [5.74, 6) is 0.608. The van der Waals surface area contributed by atoms with Crippen molar-refractivity contribution >= 4 is 23.7 Å². The molecular weight excluding hydrogens is 274 g/mol. The molecule has 0 fully saturated rings. The van der Waals surface area contributed by atoms with E-state index in [0.717, 1.165) is 16.7 Å². The normalized spacial score (nSPS) is 13.6. The van der Waals surface area contributed by atoms with Gasteiger partial charge in [-0.2, -0.15) is 5.10 Å². The summed E-state index contributed by atoms with van der Waals surface area (Å²) in [5.41, 5.74) is 5.95. The number of hydrogen-bond donors (Lipinski definition) is 1. The molecule has 3 rings (SSSR count). The maximum absolute atomic E-state index is 5.83. The lowest BCUT2D eigenvalue weighted by Gasteiger charge is -2.15. The van der Waals surface area contributed by atoms with Crippen molar-refractivity contribution in [1.29, 1.82) is 0 Å². The minimum absolute atomic E-state index is 0.488. The molecule has 20 heavy (non-hydrogen) atoms. The van der Waals surface area contributed by atoms with Gasteiger partial charge in [-0.05, 0) is 17.7 Å². The molecule has 0 spiro atoms. The van der Waals surface area contributed by atoms with Gasteiger partial charge in [0.05, 0.1) is 6.21 Å². The molecule has 0 atom stereocenters. The monoisotopic (exact) mass is 285 g/mol. The van der Waals surface area contributed by atoms with Gasteiger partial charge in [0.25, 0.3) is 0 Å². The van der Waals surface area contributed by atoms with E-state index in [0.29, 0.717) is 17.5 Å². The van der Waals surface area contributed by atoms with E-state index in [-0.39, 0.29) is 0 Å². The van der Waals surface area contributed by atoms with Crippen molar-refractivity contribution in [3.05, 3.63) is 70.2 Å². The SMILES string of the molecule is Clc1ccc(C=NNC2=NOCc3ccccc32)cc1. The number of amidine groups is 1. The average molecular weight is 286 g/mol. The Morgan fingerprint density at radius 2 is 1.95 bits per heavy atom. The number of benzene rings is 2. The third-order valence-electron chi connectivity index (χ3n) is 2.90. The van der Waals surface area contributed by atoms with Gasteiger partial charge >= 0.3 is 0 Å². The summed E-state index contributed by atoms with van der Waals surface area (Å²) in [7, 11) is 0. The number of nitrogens with zero attached hydrogens (tertiary/aromatic N) is 2. The van der Waals surface area contributed by atoms with Gasteiger partial charge in [-0.15, -0.1) is 0 Å². The second-order valence-corrected chi connectivity index (χ2v) is 4.73. The quantitative estimate of drug-likeness (QED) is 0.680. The highest BCUT2D eigenvalue weighted by molar-refractivity contribution is 6.30. The third kappa shape index (κ3) is 2.81. The zero-order valence-electron chi connectivity index (χ0n) is 10.6. The minimum Gasteiger partial charge on any atom is -0.389 e. The summed E-state index contributed by atoms with van der Waals surface area (Å²) in [6, 6.07) is 15.3. The van der Waals surface area contributed by atoms with Crippen molar-refractivity contribution < 1.29 is 4.84 Å². The van der Waals surface area contributed by atoms with Crippen LogP contribution in [0.25, 0.3) is 0 Å². The zero-order valence-corrected chi connectivity index (χ0v) is 11.3. The molecule has 1 aliphatic heterocycles. The molecule has 1 N–H and O–H groups in total. The van der Waals surface area contributed by atoms with E-state index in [1.54, 1.807) is 6.21 Å². The molecule has 1 heterocycles. The molecular formula is C15H12ClN3O. The number of nitrogens with one attached hydrogen (secondary N) is 1. The van der Waals surface area contributed by atoms with Gasteiger partial charge in [0.2, 0.25) is 0 Å². The summed E-state index contributed by atoms with van der Waals surface area (Å²) >= 11 is 5.83. The van der Waals surface area contributed by atoms with E-state index in [9.17, 15) is 0 Å². The van der Waals surface area contributed by atoms with Crippen LogP contribution in [0, 0.1) is 0 Å². The predicted molar refractivity (Wildman–Crippen MR) is 79.9 cm³/mol. The Kier molecular flexibility index (Phi) is 3.65. The lowest BCUT2D eigenvalue weighted by atomic mass is 10.1. The maximum Gasteiger partial charge on any atom is 0.193 e. The van der Waals surface area contributed by atoms with Crippen LogP contribution in [0.5, 0.6) is 0 Å². The molecule has 0 aromatic heterocycles. The number of hydrogen-bond acceptors (Lipinski definition) is 4. The van der Waals surface area contributed by atoms with Crippen molar-refractivity contribution in [2.24, 2.45) is 10.3 Å². The summed E-state index contributed by atoms with van der Waals surface area (Å²) in [5, 5.41) is 8.85. The molecule has 0 amide bonds. The average Bonchev–Trinajstić information content (AvgIpc) is 2.49. The van der Waals surface area contributed by atoms with E-state index in [4.69, 9.17) is 16.4 Å². The summed E-state index contributed by atoms with van der Waals surface area (Å²) in [6.45, 7) is 0.488. The highest BCUT2D eigenvalue weighted by Crippen LogP contribution is 2.15. The van der Waals surface area contributed by atoms with Crippen molar-refractivity contribution in [1.82, 2.24) is 5.43 Å². The molecule has 0 saturated carbocycles. The lowest BCUT2D eigenvalue weighted by molar-refractivity contribution is 0.124. The van der Waals surface area contributed by atoms with Crippen LogP contribution >= 0.6 is 11.6 Å². The minimum atomic E-state index is 0.488. The molecule has 0 unspecified atom stereocenters. The van der Waals surface area contributed by atoms with E-state index >= 15 is 0 Å². The van der Waals surface area contributed by atoms with Gasteiger partial charge in [0.15, 0.2) is 5.84 Å². The first-order chi connectivity index (χ1) is 9.83. The van der Waals surface area contributed by atoms with Gasteiger partial charge in [-0.25, -0.2) is 0 Å². The molecule has 100 valence electrons. The number of fused-ring (bicyclic) bond motifs is 1. The molecule has 0 bridgehead atoms. The second-order valence-electron chi connectivity index (χ2n) is 4.29. The van der Waals surface area contributed by atoms with E-state index in [2.05, 4.69) is 15.7 Å². The summed E-state index contributed by atoms with van der Waals surface area (Å²) in [4.78, 5) is 5.16. The summed E-state index contributed by atoms with van der Waals surface area (Å²) in [6.07, 6.45) is 1.70. The Bertz CT molecular complexity index is 665. The highest BCUT2D eigenvalue weighted by atomic mass is 35.5. The Hall–Kier alpha value is -2.33. The van der Waals surface area contributed by atoms with Gasteiger partial charge < -0.3 is 4.84 Å². The predicted octanol–water partition coefficient (Wildman–Crippen LogP) is 3.16. The zero-order chi connectivity index (χ0) is 13.8. The highest BCUT2D eigenvalue weighted by Gasteiger charge is 2.13. The first-order valence-electron chi connectivity index (χ1n) is 6.16. The van der Waals surface area contributed by atoms with Crippen LogP contribution in [-0.2, 0) is 11.4 Å². The van der Waals surface area contributed by atoms with Crippen LogP contribution < -0.4 is 5.43 Å². The Morgan fingerprint density at radius 1 is 1.15 bits per heavy atom. The van der Waals surface area contributed by atoms with Crippen molar-refractivity contribution in [2.45, 2.75) is 6.61 Å². The first-order valence-corrected chi connectivity index (χ1v) is 6.53. The molecule has 0 aliphatic carbocycles. The first kappa shape index (κ1) is 12.7. The van der Waals surface area contributed by atoms with Crippen LogP contribution in [0.4, 0.5) is 0 Å². The van der Waals surface area contributed by atoms with E-state index < -0.39 is 0 Å². The van der Waals surface area contributed by atoms with Crippen LogP contribution in [0.1, 0.15) is 16.7 Å². The fraction of sp³-hybridized carbons (Fsp3) is 0.0667. The number of hydrazone groups is 1. The molecule has 2 aromatic carbocycles. The largest absolute Gasteiger partial charge is 0.389 e. The molecule has 0 radical (unpaired) electrons. The van der Waals surface area contributed by atoms with Crippen molar-refractivity contribution in [3.8, 4) is 0 Å². The van der Waals surface area contributed by atoms with Crippen LogP contribution in [0.15, 0.2) is 58.8 Å². The smallest absolute Gasteiger partial charge is 0.193 e. The fourth-order valence-corrected chi connectivity index (χ4v) is 2.02. The van der Waals surface area contributed by atoms with E-state index in [1.807, 2.05) is 48.5 Å². The molecule has 0 saturated heterocycles. The lowest BCUT2D eigenvalue weighted by Crippen LogP contribution is -2.24. The summed E-state index contributed by atoms with van der Waals surface area (Å²) < 4.78 is 0. The number of oxime groups is 1. The Labute approximate surface area is 121 Å². The molecule has 1 aliphatic rings. The fourth-order valence-electron chi connectivity index (χ4n) is 1.89. The van der Waals surface area contributed by atoms with Crippen LogP contribution in [-0.4, -0.2) is 12.1 Å². The van der Waals surface area contributed by atoms with Gasteiger partial charge in [-0.1, -0.05) is 53.2 Å². The van der Waals surface area contributed by atoms with Crippen LogP contribution in [0.3, 0.4) is 0 Å². The third-order valence-corrected chi connectivity index (χ3v) is 3.15. The van der Waals surface area contributed by atoms with Gasteiger partial charge in [-0.3, -0.25) is 5.43 Å². The number of rotatable bonds is 2. The molecule has 4 nitrogen and oxygen atoms in total. The molecule has 5 heteroatoms. The van der Waals surface area contributed by atoms with Crippen LogP contribution in [0.2, 0.25) is 5.02 Å². The molecule has 2 aromatic rings. The van der Waals surface area contributed by atoms with Crippen molar-refractivity contribution in [2.75, 3.05) is 0 Å².